The first kappa shape index (κ1) is 16.5. The molecule has 2 aromatic carbocycles. The van der Waals surface area contributed by atoms with E-state index in [0.717, 1.165) is 41.3 Å². The van der Waals surface area contributed by atoms with E-state index in [-0.39, 0.29) is 17.8 Å². The van der Waals surface area contributed by atoms with Gasteiger partial charge in [-0.2, -0.15) is 0 Å². The monoisotopic (exact) mass is 316 g/mol. The molecule has 0 radical (unpaired) electrons. The smallest absolute Gasteiger partial charge is 0.197 e. The van der Waals surface area contributed by atoms with Crippen molar-refractivity contribution in [1.82, 2.24) is 9.47 Å². The van der Waals surface area contributed by atoms with Crippen molar-refractivity contribution in [3.05, 3.63) is 58.8 Å². The van der Waals surface area contributed by atoms with Crippen LogP contribution in [-0.2, 0) is 6.54 Å². The van der Waals surface area contributed by atoms with Gasteiger partial charge in [0.05, 0.1) is 11.0 Å². The molecule has 3 rings (SSSR count). The Labute approximate surface area is 136 Å². The quantitative estimate of drug-likeness (QED) is 0.688. The lowest BCUT2D eigenvalue weighted by Crippen LogP contribution is -2.17. The van der Waals surface area contributed by atoms with Crippen LogP contribution in [0.25, 0.3) is 21.8 Å². The van der Waals surface area contributed by atoms with Gasteiger partial charge >= 0.3 is 0 Å². The molecule has 4 heteroatoms. The summed E-state index contributed by atoms with van der Waals surface area (Å²) in [5, 5.41) is 1.61. The molecule has 3 nitrogen and oxygen atoms in total. The number of aromatic nitrogens is 1. The highest BCUT2D eigenvalue weighted by molar-refractivity contribution is 5.93. The highest BCUT2D eigenvalue weighted by atomic mass is 35.5. The third kappa shape index (κ3) is 3.01. The normalized spacial score (nSPS) is 11.0. The minimum Gasteiger partial charge on any atom is -0.340 e. The maximum atomic E-state index is 12.6. The maximum Gasteiger partial charge on any atom is 0.197 e. The van der Waals surface area contributed by atoms with Crippen LogP contribution in [0.1, 0.15) is 6.42 Å². The van der Waals surface area contributed by atoms with Crippen molar-refractivity contribution in [3.63, 3.8) is 0 Å². The lowest BCUT2D eigenvalue weighted by atomic mass is 10.1. The number of aryl methyl sites for hydroxylation is 1. The Kier molecular flexibility index (Phi) is 5.22. The van der Waals surface area contributed by atoms with E-state index in [1.54, 1.807) is 0 Å². The number of fused-ring (bicyclic) bond motifs is 2. The number of rotatable bonds is 4. The predicted octanol–water partition coefficient (Wildman–Crippen LogP) is 3.53. The Morgan fingerprint density at radius 2 is 1.41 bits per heavy atom. The summed E-state index contributed by atoms with van der Waals surface area (Å²) in [6.07, 6.45) is 1.06. The van der Waals surface area contributed by atoms with Crippen LogP contribution in [0, 0.1) is 0 Å². The van der Waals surface area contributed by atoms with Gasteiger partial charge in [-0.25, -0.2) is 0 Å². The summed E-state index contributed by atoms with van der Waals surface area (Å²) in [7, 11) is 4.17. The molecule has 0 amide bonds. The number of halogens is 1. The molecule has 1 heterocycles. The van der Waals surface area contributed by atoms with Crippen LogP contribution < -0.4 is 5.43 Å². The average Bonchev–Trinajstić information content (AvgIpc) is 2.50. The minimum atomic E-state index is 0. The van der Waals surface area contributed by atoms with Crippen molar-refractivity contribution in [2.75, 3.05) is 20.6 Å². The van der Waals surface area contributed by atoms with Gasteiger partial charge in [-0.15, -0.1) is 12.4 Å². The fourth-order valence-corrected chi connectivity index (χ4v) is 2.86. The van der Waals surface area contributed by atoms with Crippen molar-refractivity contribution in [3.8, 4) is 0 Å². The van der Waals surface area contributed by atoms with E-state index >= 15 is 0 Å². The Morgan fingerprint density at radius 1 is 0.909 bits per heavy atom. The zero-order valence-corrected chi connectivity index (χ0v) is 13.8. The van der Waals surface area contributed by atoms with Crippen molar-refractivity contribution in [1.29, 1.82) is 0 Å². The molecule has 0 fully saturated rings. The SMILES string of the molecule is CN(C)CCCn1c2ccccc2c(=O)c2ccccc21.Cl. The highest BCUT2D eigenvalue weighted by Gasteiger charge is 2.09. The second-order valence-corrected chi connectivity index (χ2v) is 5.67. The van der Waals surface area contributed by atoms with Gasteiger partial charge in [-0.05, 0) is 51.3 Å². The Hall–Kier alpha value is -1.84. The number of benzene rings is 2. The molecule has 0 aliphatic carbocycles. The van der Waals surface area contributed by atoms with Crippen LogP contribution in [-0.4, -0.2) is 30.1 Å². The Morgan fingerprint density at radius 3 is 1.91 bits per heavy atom. The Bertz CT molecular complexity index is 779. The molecule has 0 spiro atoms. The molecule has 0 atom stereocenters. The summed E-state index contributed by atoms with van der Waals surface area (Å²) in [6, 6.07) is 15.8. The fraction of sp³-hybridized carbons (Fsp3) is 0.278. The number of pyridine rings is 1. The molecule has 0 bridgehead atoms. The van der Waals surface area contributed by atoms with E-state index in [0.29, 0.717) is 0 Å². The van der Waals surface area contributed by atoms with Gasteiger partial charge in [0.25, 0.3) is 0 Å². The summed E-state index contributed by atoms with van der Waals surface area (Å²) in [4.78, 5) is 14.8. The predicted molar refractivity (Wildman–Crippen MR) is 96.1 cm³/mol. The zero-order chi connectivity index (χ0) is 14.8. The molecule has 0 saturated heterocycles. The molecular formula is C18H21ClN2O. The summed E-state index contributed by atoms with van der Waals surface area (Å²) < 4.78 is 2.27. The van der Waals surface area contributed by atoms with Gasteiger partial charge < -0.3 is 9.47 Å². The molecule has 3 aromatic rings. The average molecular weight is 317 g/mol. The third-order valence-electron chi connectivity index (χ3n) is 3.87. The lowest BCUT2D eigenvalue weighted by molar-refractivity contribution is 0.389. The molecule has 0 aliphatic heterocycles. The summed E-state index contributed by atoms with van der Waals surface area (Å²) >= 11 is 0. The number of nitrogens with zero attached hydrogens (tertiary/aromatic N) is 2. The largest absolute Gasteiger partial charge is 0.340 e. The van der Waals surface area contributed by atoms with Crippen LogP contribution in [0.2, 0.25) is 0 Å². The molecule has 1 aromatic heterocycles. The van der Waals surface area contributed by atoms with Gasteiger partial charge in [0.2, 0.25) is 0 Å². The summed E-state index contributed by atoms with van der Waals surface area (Å²) in [5.74, 6) is 0. The van der Waals surface area contributed by atoms with E-state index in [1.807, 2.05) is 48.5 Å². The van der Waals surface area contributed by atoms with Crippen LogP contribution in [0.4, 0.5) is 0 Å². The van der Waals surface area contributed by atoms with Gasteiger partial charge in [0, 0.05) is 17.3 Å². The number of hydrogen-bond donors (Lipinski definition) is 0. The highest BCUT2D eigenvalue weighted by Crippen LogP contribution is 2.19. The molecule has 0 unspecified atom stereocenters. The van der Waals surface area contributed by atoms with Gasteiger partial charge in [0.1, 0.15) is 0 Å². The molecule has 22 heavy (non-hydrogen) atoms. The van der Waals surface area contributed by atoms with E-state index in [1.165, 1.54) is 0 Å². The molecule has 0 aliphatic rings. The van der Waals surface area contributed by atoms with Crippen LogP contribution in [0.3, 0.4) is 0 Å². The topological polar surface area (TPSA) is 25.2 Å². The number of para-hydroxylation sites is 2. The van der Waals surface area contributed by atoms with E-state index in [4.69, 9.17) is 0 Å². The van der Waals surface area contributed by atoms with Crippen LogP contribution in [0.15, 0.2) is 53.3 Å². The lowest BCUT2D eigenvalue weighted by Gasteiger charge is -2.16. The molecule has 0 saturated carbocycles. The molecule has 0 N–H and O–H groups in total. The first-order valence-electron chi connectivity index (χ1n) is 7.33. The summed E-state index contributed by atoms with van der Waals surface area (Å²) in [5.41, 5.74) is 2.19. The van der Waals surface area contributed by atoms with Crippen molar-refractivity contribution < 1.29 is 0 Å². The third-order valence-corrected chi connectivity index (χ3v) is 3.87. The van der Waals surface area contributed by atoms with Crippen LogP contribution >= 0.6 is 12.4 Å². The van der Waals surface area contributed by atoms with Gasteiger partial charge in [0.15, 0.2) is 5.43 Å². The van der Waals surface area contributed by atoms with Gasteiger partial charge in [-0.3, -0.25) is 4.79 Å². The second-order valence-electron chi connectivity index (χ2n) is 5.67. The Balaban J connectivity index is 0.00000176. The molecule has 116 valence electrons. The van der Waals surface area contributed by atoms with E-state index < -0.39 is 0 Å². The first-order valence-corrected chi connectivity index (χ1v) is 7.33. The van der Waals surface area contributed by atoms with Gasteiger partial charge in [-0.1, -0.05) is 24.3 Å². The van der Waals surface area contributed by atoms with Crippen molar-refractivity contribution in [2.45, 2.75) is 13.0 Å². The summed E-state index contributed by atoms with van der Waals surface area (Å²) in [6.45, 7) is 1.95. The second kappa shape index (κ2) is 6.95. The van der Waals surface area contributed by atoms with Crippen molar-refractivity contribution >= 4 is 34.2 Å². The van der Waals surface area contributed by atoms with Crippen LogP contribution in [0.5, 0.6) is 0 Å². The van der Waals surface area contributed by atoms with Crippen molar-refractivity contribution in [2.24, 2.45) is 0 Å². The number of hydrogen-bond acceptors (Lipinski definition) is 2. The maximum absolute atomic E-state index is 12.6. The minimum absolute atomic E-state index is 0. The standard InChI is InChI=1S/C18H20N2O.ClH/c1-19(2)12-7-13-20-16-10-5-3-8-14(16)18(21)15-9-4-6-11-17(15)20;/h3-6,8-11H,7,12-13H2,1-2H3;1H. The fourth-order valence-electron chi connectivity index (χ4n) is 2.86. The van der Waals surface area contributed by atoms with E-state index in [2.05, 4.69) is 23.6 Å². The molecular weight excluding hydrogens is 296 g/mol. The zero-order valence-electron chi connectivity index (χ0n) is 13.0. The van der Waals surface area contributed by atoms with E-state index in [9.17, 15) is 4.79 Å². The first-order chi connectivity index (χ1) is 10.2.